The number of rotatable bonds is 7. The number of amidine groups is 1. The molecule has 0 aliphatic carbocycles. The standard InChI is InChI=1S/C20H19N3O4S/c1-13-2-4-15(5-3-13)12-27-16-8-6-14(7-9-16)11-21-23-20-22-19(26)17(28-20)10-18(24)25/h2-9,11,17H,10,12H2,1H3,(H,24,25)(H,22,23,26)/b21-11-/t17-/m1/s1. The molecule has 28 heavy (non-hydrogen) atoms. The first-order chi connectivity index (χ1) is 13.5. The number of carboxylic acids is 1. The van der Waals surface area contributed by atoms with Crippen LogP contribution in [0.25, 0.3) is 0 Å². The zero-order chi connectivity index (χ0) is 19.9. The van der Waals surface area contributed by atoms with Crippen molar-refractivity contribution in [2.75, 3.05) is 0 Å². The Balaban J connectivity index is 1.52. The van der Waals surface area contributed by atoms with Crippen molar-refractivity contribution in [3.63, 3.8) is 0 Å². The number of hydrogen-bond donors (Lipinski definition) is 2. The average molecular weight is 397 g/mol. The molecule has 2 aromatic rings. The fourth-order valence-electron chi connectivity index (χ4n) is 2.39. The number of carboxylic acid groups (broad SMARTS) is 1. The Kier molecular flexibility index (Phi) is 6.44. The van der Waals surface area contributed by atoms with Gasteiger partial charge in [0.15, 0.2) is 5.17 Å². The van der Waals surface area contributed by atoms with Gasteiger partial charge in [-0.05, 0) is 42.3 Å². The molecular weight excluding hydrogens is 378 g/mol. The average Bonchev–Trinajstić information content (AvgIpc) is 3.01. The van der Waals surface area contributed by atoms with Gasteiger partial charge in [-0.2, -0.15) is 5.10 Å². The molecule has 3 rings (SSSR count). The van der Waals surface area contributed by atoms with Crippen molar-refractivity contribution in [2.24, 2.45) is 10.2 Å². The zero-order valence-corrected chi connectivity index (χ0v) is 16.0. The van der Waals surface area contributed by atoms with Crippen LogP contribution in [-0.2, 0) is 16.2 Å². The van der Waals surface area contributed by atoms with E-state index in [-0.39, 0.29) is 12.3 Å². The summed E-state index contributed by atoms with van der Waals surface area (Å²) in [4.78, 5) is 22.3. The second-order valence-electron chi connectivity index (χ2n) is 6.19. The molecule has 0 bridgehead atoms. The fraction of sp³-hybridized carbons (Fsp3) is 0.200. The number of benzene rings is 2. The third-order valence-corrected chi connectivity index (χ3v) is 4.97. The van der Waals surface area contributed by atoms with Crippen molar-refractivity contribution in [2.45, 2.75) is 25.2 Å². The number of ether oxygens (including phenoxy) is 1. The summed E-state index contributed by atoms with van der Waals surface area (Å²) in [6.45, 7) is 2.54. The summed E-state index contributed by atoms with van der Waals surface area (Å²) in [5.41, 5.74) is 3.14. The van der Waals surface area contributed by atoms with E-state index in [0.717, 1.165) is 28.6 Å². The molecule has 1 aliphatic rings. The second-order valence-corrected chi connectivity index (χ2v) is 7.38. The summed E-state index contributed by atoms with van der Waals surface area (Å²) in [6, 6.07) is 15.6. The van der Waals surface area contributed by atoms with Crippen molar-refractivity contribution >= 4 is 35.0 Å². The van der Waals surface area contributed by atoms with Crippen LogP contribution in [0.1, 0.15) is 23.1 Å². The molecule has 2 N–H and O–H groups in total. The number of nitrogens with zero attached hydrogens (tertiary/aromatic N) is 2. The van der Waals surface area contributed by atoms with Crippen LogP contribution in [0.4, 0.5) is 0 Å². The molecule has 8 heteroatoms. The Hall–Kier alpha value is -3.13. The lowest BCUT2D eigenvalue weighted by Crippen LogP contribution is -2.26. The van der Waals surface area contributed by atoms with Crippen LogP contribution in [0.2, 0.25) is 0 Å². The zero-order valence-electron chi connectivity index (χ0n) is 15.2. The molecule has 0 saturated carbocycles. The first-order valence-corrected chi connectivity index (χ1v) is 9.46. The fourth-order valence-corrected chi connectivity index (χ4v) is 3.31. The number of carbonyl (C=O) groups excluding carboxylic acids is 1. The van der Waals surface area contributed by atoms with Crippen LogP contribution in [0, 0.1) is 6.92 Å². The molecule has 0 aromatic heterocycles. The number of thioether (sulfide) groups is 1. The van der Waals surface area contributed by atoms with Crippen LogP contribution in [-0.4, -0.2) is 33.6 Å². The smallest absolute Gasteiger partial charge is 0.305 e. The Morgan fingerprint density at radius 2 is 1.93 bits per heavy atom. The lowest BCUT2D eigenvalue weighted by Gasteiger charge is -2.06. The Morgan fingerprint density at radius 1 is 1.21 bits per heavy atom. The molecule has 1 heterocycles. The summed E-state index contributed by atoms with van der Waals surface area (Å²) < 4.78 is 5.76. The predicted octanol–water partition coefficient (Wildman–Crippen LogP) is 2.97. The first kappa shape index (κ1) is 19.6. The van der Waals surface area contributed by atoms with E-state index in [0.29, 0.717) is 11.8 Å². The maximum absolute atomic E-state index is 11.6. The molecule has 1 saturated heterocycles. The highest BCUT2D eigenvalue weighted by molar-refractivity contribution is 8.15. The summed E-state index contributed by atoms with van der Waals surface area (Å²) >= 11 is 1.06. The molecule has 0 spiro atoms. The molecule has 1 aliphatic heterocycles. The normalized spacial score (nSPS) is 17.8. The van der Waals surface area contributed by atoms with Gasteiger partial charge in [0.1, 0.15) is 17.6 Å². The van der Waals surface area contributed by atoms with Crippen LogP contribution in [0.15, 0.2) is 58.7 Å². The highest BCUT2D eigenvalue weighted by atomic mass is 32.2. The minimum atomic E-state index is -1.03. The van der Waals surface area contributed by atoms with E-state index >= 15 is 0 Å². The van der Waals surface area contributed by atoms with Gasteiger partial charge in [0.25, 0.3) is 0 Å². The van der Waals surface area contributed by atoms with Crippen LogP contribution < -0.4 is 10.1 Å². The van der Waals surface area contributed by atoms with Crippen molar-refractivity contribution < 1.29 is 19.4 Å². The molecular formula is C20H19N3O4S. The number of aryl methyl sites for hydroxylation is 1. The predicted molar refractivity (Wildman–Crippen MR) is 109 cm³/mol. The van der Waals surface area contributed by atoms with E-state index in [9.17, 15) is 9.59 Å². The maximum Gasteiger partial charge on any atom is 0.305 e. The quantitative estimate of drug-likeness (QED) is 0.553. The third kappa shape index (κ3) is 5.68. The SMILES string of the molecule is Cc1ccc(COc2ccc(/C=N\N=C3\NC(=O)[C@@H](CC(=O)O)S3)cc2)cc1. The molecule has 0 unspecified atom stereocenters. The van der Waals surface area contributed by atoms with E-state index < -0.39 is 11.2 Å². The molecule has 144 valence electrons. The Labute approximate surface area is 166 Å². The monoisotopic (exact) mass is 397 g/mol. The van der Waals surface area contributed by atoms with E-state index in [2.05, 4.69) is 27.7 Å². The van der Waals surface area contributed by atoms with Gasteiger partial charge in [0, 0.05) is 0 Å². The van der Waals surface area contributed by atoms with E-state index in [1.807, 2.05) is 43.3 Å². The van der Waals surface area contributed by atoms with Crippen molar-refractivity contribution in [1.82, 2.24) is 5.32 Å². The van der Waals surface area contributed by atoms with Gasteiger partial charge in [-0.25, -0.2) is 0 Å². The highest BCUT2D eigenvalue weighted by Crippen LogP contribution is 2.22. The molecule has 1 amide bonds. The number of nitrogens with one attached hydrogen (secondary N) is 1. The molecule has 1 atom stereocenters. The van der Waals surface area contributed by atoms with Gasteiger partial charge in [0.2, 0.25) is 5.91 Å². The minimum absolute atomic E-state index is 0.247. The van der Waals surface area contributed by atoms with Crippen LogP contribution in [0.5, 0.6) is 5.75 Å². The molecule has 0 radical (unpaired) electrons. The summed E-state index contributed by atoms with van der Waals surface area (Å²) in [5.74, 6) is -0.641. The van der Waals surface area contributed by atoms with Crippen molar-refractivity contribution in [1.29, 1.82) is 0 Å². The molecule has 2 aromatic carbocycles. The highest BCUT2D eigenvalue weighted by Gasteiger charge is 2.32. The maximum atomic E-state index is 11.6. The van der Waals surface area contributed by atoms with E-state index in [1.54, 1.807) is 6.21 Å². The van der Waals surface area contributed by atoms with Gasteiger partial charge < -0.3 is 15.2 Å². The first-order valence-electron chi connectivity index (χ1n) is 8.58. The number of aliphatic carboxylic acids is 1. The lowest BCUT2D eigenvalue weighted by molar-refractivity contribution is -0.138. The molecule has 7 nitrogen and oxygen atoms in total. The van der Waals surface area contributed by atoms with Crippen molar-refractivity contribution in [3.05, 3.63) is 65.2 Å². The summed E-state index contributed by atoms with van der Waals surface area (Å²) in [7, 11) is 0. The topological polar surface area (TPSA) is 100 Å². The lowest BCUT2D eigenvalue weighted by atomic mass is 10.2. The number of hydrogen-bond acceptors (Lipinski definition) is 6. The Bertz CT molecular complexity index is 908. The Morgan fingerprint density at radius 3 is 2.61 bits per heavy atom. The van der Waals surface area contributed by atoms with Gasteiger partial charge in [-0.3, -0.25) is 9.59 Å². The van der Waals surface area contributed by atoms with Gasteiger partial charge in [0.05, 0.1) is 12.6 Å². The minimum Gasteiger partial charge on any atom is -0.489 e. The van der Waals surface area contributed by atoms with Crippen LogP contribution in [0.3, 0.4) is 0 Å². The van der Waals surface area contributed by atoms with E-state index in [4.69, 9.17) is 9.84 Å². The van der Waals surface area contributed by atoms with Gasteiger partial charge in [-0.15, -0.1) is 5.10 Å². The van der Waals surface area contributed by atoms with Crippen molar-refractivity contribution in [3.8, 4) is 5.75 Å². The van der Waals surface area contributed by atoms with E-state index in [1.165, 1.54) is 5.56 Å². The summed E-state index contributed by atoms with van der Waals surface area (Å²) in [5, 5.41) is 18.8. The van der Waals surface area contributed by atoms with Gasteiger partial charge in [-0.1, -0.05) is 41.6 Å². The molecule has 1 fully saturated rings. The third-order valence-electron chi connectivity index (χ3n) is 3.90. The summed E-state index contributed by atoms with van der Waals surface area (Å²) in [6.07, 6.45) is 1.30. The largest absolute Gasteiger partial charge is 0.489 e. The number of carbonyl (C=O) groups is 2. The number of amides is 1. The second kappa shape index (κ2) is 9.18. The van der Waals surface area contributed by atoms with Gasteiger partial charge >= 0.3 is 5.97 Å². The van der Waals surface area contributed by atoms with Crippen LogP contribution >= 0.6 is 11.8 Å².